The smallest absolute Gasteiger partial charge is 0.0665 e. The van der Waals surface area contributed by atoms with Crippen molar-refractivity contribution >= 4 is 0 Å². The third-order valence-corrected chi connectivity index (χ3v) is 3.75. The summed E-state index contributed by atoms with van der Waals surface area (Å²) >= 11 is 0. The number of hydrogen-bond donors (Lipinski definition) is 1. The van der Waals surface area contributed by atoms with E-state index in [4.69, 9.17) is 4.74 Å². The Bertz CT molecular complexity index is 373. The second kappa shape index (κ2) is 6.91. The highest BCUT2D eigenvalue weighted by atomic mass is 16.5. The molecular formula is C16H27NO. The first kappa shape index (κ1) is 15.2. The lowest BCUT2D eigenvalue weighted by atomic mass is 10.0. The molecule has 0 bridgehead atoms. The summed E-state index contributed by atoms with van der Waals surface area (Å²) in [4.78, 5) is 0. The van der Waals surface area contributed by atoms with Crippen LogP contribution in [-0.4, -0.2) is 19.8 Å². The lowest BCUT2D eigenvalue weighted by Crippen LogP contribution is -2.26. The Balaban J connectivity index is 2.68. The van der Waals surface area contributed by atoms with E-state index in [9.17, 15) is 0 Å². The molecule has 2 nitrogen and oxygen atoms in total. The Hall–Kier alpha value is -0.860. The van der Waals surface area contributed by atoms with E-state index >= 15 is 0 Å². The van der Waals surface area contributed by atoms with Gasteiger partial charge in [-0.2, -0.15) is 0 Å². The zero-order valence-corrected chi connectivity index (χ0v) is 12.6. The topological polar surface area (TPSA) is 21.3 Å². The van der Waals surface area contributed by atoms with Crippen LogP contribution in [-0.2, 0) is 4.74 Å². The molecule has 0 heterocycles. The summed E-state index contributed by atoms with van der Waals surface area (Å²) in [7, 11) is 1.99. The number of rotatable bonds is 6. The number of aryl methyl sites for hydroxylation is 2. The average molecular weight is 249 g/mol. The molecule has 0 radical (unpaired) electrons. The molecule has 2 atom stereocenters. The molecule has 18 heavy (non-hydrogen) atoms. The van der Waals surface area contributed by atoms with E-state index in [0.29, 0.717) is 12.0 Å². The molecule has 2 unspecified atom stereocenters. The van der Waals surface area contributed by atoms with Crippen molar-refractivity contribution in [2.45, 2.75) is 46.8 Å². The van der Waals surface area contributed by atoms with Crippen LogP contribution in [0.25, 0.3) is 0 Å². The van der Waals surface area contributed by atoms with Gasteiger partial charge >= 0.3 is 0 Å². The summed E-state index contributed by atoms with van der Waals surface area (Å²) in [5.74, 6) is 0.558. The lowest BCUT2D eigenvalue weighted by molar-refractivity contribution is 0.0229. The van der Waals surface area contributed by atoms with Gasteiger partial charge in [0.05, 0.1) is 18.8 Å². The predicted octanol–water partition coefficient (Wildman–Crippen LogP) is 3.63. The maximum atomic E-state index is 5.92. The maximum Gasteiger partial charge on any atom is 0.0665 e. The van der Waals surface area contributed by atoms with Crippen LogP contribution in [0.15, 0.2) is 18.2 Å². The van der Waals surface area contributed by atoms with Crippen molar-refractivity contribution in [3.05, 3.63) is 34.9 Å². The van der Waals surface area contributed by atoms with Gasteiger partial charge in [0, 0.05) is 0 Å². The highest BCUT2D eigenvalue weighted by Gasteiger charge is 2.14. The van der Waals surface area contributed by atoms with Gasteiger partial charge in [0.15, 0.2) is 0 Å². The lowest BCUT2D eigenvalue weighted by Gasteiger charge is -2.22. The number of hydrogen-bond acceptors (Lipinski definition) is 2. The first-order valence-corrected chi connectivity index (χ1v) is 6.81. The van der Waals surface area contributed by atoms with Crippen LogP contribution in [0, 0.1) is 19.8 Å². The molecule has 1 aromatic rings. The summed E-state index contributed by atoms with van der Waals surface area (Å²) in [6, 6.07) is 6.89. The second-order valence-corrected chi connectivity index (χ2v) is 5.47. The molecule has 0 spiro atoms. The van der Waals surface area contributed by atoms with Crippen molar-refractivity contribution in [3.8, 4) is 0 Å². The minimum atomic E-state index is 0.269. The van der Waals surface area contributed by atoms with E-state index in [0.717, 1.165) is 6.61 Å². The van der Waals surface area contributed by atoms with Gasteiger partial charge in [-0.1, -0.05) is 32.0 Å². The molecule has 0 fully saturated rings. The minimum absolute atomic E-state index is 0.269. The van der Waals surface area contributed by atoms with E-state index in [-0.39, 0.29) is 6.04 Å². The molecule has 1 N–H and O–H groups in total. The highest BCUT2D eigenvalue weighted by molar-refractivity contribution is 5.31. The molecule has 0 saturated heterocycles. The van der Waals surface area contributed by atoms with Crippen LogP contribution in [0.5, 0.6) is 0 Å². The van der Waals surface area contributed by atoms with Gasteiger partial charge in [0.25, 0.3) is 0 Å². The Labute approximate surface area is 112 Å². The van der Waals surface area contributed by atoms with E-state index in [1.807, 2.05) is 7.05 Å². The molecule has 0 aliphatic rings. The Morgan fingerprint density at radius 1 is 1.11 bits per heavy atom. The zero-order valence-electron chi connectivity index (χ0n) is 12.6. The van der Waals surface area contributed by atoms with E-state index in [1.54, 1.807) is 0 Å². The quantitative estimate of drug-likeness (QED) is 0.831. The van der Waals surface area contributed by atoms with Crippen molar-refractivity contribution in [3.63, 3.8) is 0 Å². The fourth-order valence-corrected chi connectivity index (χ4v) is 1.77. The first-order valence-electron chi connectivity index (χ1n) is 6.81. The SMILES string of the molecule is CNC(COC(C)C(C)C)c1ccc(C)c(C)c1. The third-order valence-electron chi connectivity index (χ3n) is 3.75. The standard InChI is InChI=1S/C16H27NO/c1-11(2)14(5)18-10-16(17-6)15-8-7-12(3)13(4)9-15/h7-9,11,14,16-17H,10H2,1-6H3. The molecule has 2 heteroatoms. The largest absolute Gasteiger partial charge is 0.376 e. The fraction of sp³-hybridized carbons (Fsp3) is 0.625. The molecule has 1 rings (SSSR count). The average Bonchev–Trinajstić information content (AvgIpc) is 2.33. The summed E-state index contributed by atoms with van der Waals surface area (Å²) < 4.78 is 5.92. The highest BCUT2D eigenvalue weighted by Crippen LogP contribution is 2.18. The summed E-state index contributed by atoms with van der Waals surface area (Å²) in [5, 5.41) is 3.33. The molecule has 0 saturated carbocycles. The van der Waals surface area contributed by atoms with Gasteiger partial charge in [-0.25, -0.2) is 0 Å². The Morgan fingerprint density at radius 2 is 1.78 bits per heavy atom. The van der Waals surface area contributed by atoms with Gasteiger partial charge in [-0.05, 0) is 50.4 Å². The predicted molar refractivity (Wildman–Crippen MR) is 78.0 cm³/mol. The molecule has 102 valence electrons. The molecule has 0 aliphatic heterocycles. The van der Waals surface area contributed by atoms with E-state index < -0.39 is 0 Å². The molecule has 0 aliphatic carbocycles. The molecule has 0 aromatic heterocycles. The fourth-order valence-electron chi connectivity index (χ4n) is 1.77. The number of ether oxygens (including phenoxy) is 1. The first-order chi connectivity index (χ1) is 8.45. The third kappa shape index (κ3) is 4.11. The van der Waals surface area contributed by atoms with Gasteiger partial charge in [-0.15, -0.1) is 0 Å². The second-order valence-electron chi connectivity index (χ2n) is 5.47. The molecular weight excluding hydrogens is 222 g/mol. The van der Waals surface area contributed by atoms with Crippen LogP contribution in [0.1, 0.15) is 43.5 Å². The minimum Gasteiger partial charge on any atom is -0.376 e. The Morgan fingerprint density at radius 3 is 2.28 bits per heavy atom. The van der Waals surface area contributed by atoms with Crippen LogP contribution in [0.4, 0.5) is 0 Å². The summed E-state index contributed by atoms with van der Waals surface area (Å²) in [5.41, 5.74) is 3.98. The zero-order chi connectivity index (χ0) is 13.7. The van der Waals surface area contributed by atoms with Gasteiger partial charge < -0.3 is 10.1 Å². The molecule has 1 aromatic carbocycles. The van der Waals surface area contributed by atoms with Crippen LogP contribution < -0.4 is 5.32 Å². The number of likely N-dealkylation sites (N-methyl/N-ethyl adjacent to an activating group) is 1. The van der Waals surface area contributed by atoms with Crippen LogP contribution in [0.2, 0.25) is 0 Å². The van der Waals surface area contributed by atoms with Gasteiger partial charge in [0.2, 0.25) is 0 Å². The van der Waals surface area contributed by atoms with Crippen molar-refractivity contribution < 1.29 is 4.74 Å². The van der Waals surface area contributed by atoms with Crippen molar-refractivity contribution in [2.75, 3.05) is 13.7 Å². The van der Waals surface area contributed by atoms with Crippen molar-refractivity contribution in [1.82, 2.24) is 5.32 Å². The van der Waals surface area contributed by atoms with Crippen molar-refractivity contribution in [2.24, 2.45) is 5.92 Å². The Kier molecular flexibility index (Phi) is 5.83. The normalized spacial score (nSPS) is 14.8. The molecule has 0 amide bonds. The van der Waals surface area contributed by atoms with Crippen molar-refractivity contribution in [1.29, 1.82) is 0 Å². The monoisotopic (exact) mass is 249 g/mol. The van der Waals surface area contributed by atoms with Crippen LogP contribution >= 0.6 is 0 Å². The van der Waals surface area contributed by atoms with Gasteiger partial charge in [0.1, 0.15) is 0 Å². The number of nitrogens with one attached hydrogen (secondary N) is 1. The summed E-state index contributed by atoms with van der Waals surface area (Å²) in [6.45, 7) is 11.5. The number of benzene rings is 1. The van der Waals surface area contributed by atoms with Crippen LogP contribution in [0.3, 0.4) is 0 Å². The summed E-state index contributed by atoms with van der Waals surface area (Å²) in [6.07, 6.45) is 0.299. The maximum absolute atomic E-state index is 5.92. The van der Waals surface area contributed by atoms with Gasteiger partial charge in [-0.3, -0.25) is 0 Å². The van der Waals surface area contributed by atoms with E-state index in [2.05, 4.69) is 58.1 Å². The van der Waals surface area contributed by atoms with E-state index in [1.165, 1.54) is 16.7 Å².